The van der Waals surface area contributed by atoms with Crippen molar-refractivity contribution in [3.8, 4) is 0 Å². The average Bonchev–Trinajstić information content (AvgIpc) is 2.90. The normalized spacial score (nSPS) is 15.4. The predicted molar refractivity (Wildman–Crippen MR) is 143 cm³/mol. The summed E-state index contributed by atoms with van der Waals surface area (Å²) >= 11 is 12.6. The summed E-state index contributed by atoms with van der Waals surface area (Å²) in [6.07, 6.45) is 2.03. The zero-order chi connectivity index (χ0) is 25.2. The molecule has 9 nitrogen and oxygen atoms in total. The standard InChI is InChI=1S/C25H25Cl2N7O2/c1-2-21(35)33-12-10-32(11-13-33)17-8-6-16(7-9-17)30-25-28-14-18-23(31-25)29-15-34(24(18)36)22-19(26)4-3-5-20(22)27/h3-9,14H,2,10-13,15H2,1H3,(H2,28,29,30,31). The van der Waals surface area contributed by atoms with Crippen molar-refractivity contribution in [3.63, 3.8) is 0 Å². The Kier molecular flexibility index (Phi) is 6.84. The topological polar surface area (TPSA) is 93.7 Å². The summed E-state index contributed by atoms with van der Waals surface area (Å²) in [5.74, 6) is 0.733. The molecule has 3 heterocycles. The van der Waals surface area contributed by atoms with E-state index in [1.54, 1.807) is 18.2 Å². The third-order valence-corrected chi connectivity index (χ3v) is 6.91. The van der Waals surface area contributed by atoms with Crippen LogP contribution in [-0.2, 0) is 4.79 Å². The van der Waals surface area contributed by atoms with Gasteiger partial charge >= 0.3 is 0 Å². The van der Waals surface area contributed by atoms with E-state index in [9.17, 15) is 9.59 Å². The second kappa shape index (κ2) is 10.2. The van der Waals surface area contributed by atoms with Gasteiger partial charge in [0.25, 0.3) is 5.91 Å². The van der Waals surface area contributed by atoms with Crippen LogP contribution < -0.4 is 20.4 Å². The second-order valence-electron chi connectivity index (χ2n) is 8.49. The lowest BCUT2D eigenvalue weighted by Gasteiger charge is -2.36. The molecular weight excluding hydrogens is 501 g/mol. The van der Waals surface area contributed by atoms with E-state index >= 15 is 0 Å². The van der Waals surface area contributed by atoms with Crippen LogP contribution in [0.2, 0.25) is 10.0 Å². The molecule has 1 aromatic heterocycles. The van der Waals surface area contributed by atoms with Crippen molar-refractivity contribution in [2.75, 3.05) is 53.3 Å². The maximum Gasteiger partial charge on any atom is 0.265 e. The van der Waals surface area contributed by atoms with Crippen LogP contribution in [0.15, 0.2) is 48.7 Å². The minimum Gasteiger partial charge on any atom is -0.368 e. The lowest BCUT2D eigenvalue weighted by Crippen LogP contribution is -2.48. The van der Waals surface area contributed by atoms with Crippen molar-refractivity contribution in [2.45, 2.75) is 13.3 Å². The Labute approximate surface area is 219 Å². The SMILES string of the molecule is CCC(=O)N1CCN(c2ccc(Nc3ncc4c(n3)NCN(c3c(Cl)cccc3Cl)C4=O)cc2)CC1. The highest BCUT2D eigenvalue weighted by Crippen LogP contribution is 2.36. The molecule has 1 saturated heterocycles. The number of nitrogens with one attached hydrogen (secondary N) is 2. The summed E-state index contributed by atoms with van der Waals surface area (Å²) < 4.78 is 0. The Bertz CT molecular complexity index is 1270. The number of carbonyl (C=O) groups is 2. The molecule has 5 rings (SSSR count). The highest BCUT2D eigenvalue weighted by molar-refractivity contribution is 6.40. The van der Waals surface area contributed by atoms with Crippen LogP contribution in [0.4, 0.5) is 28.8 Å². The van der Waals surface area contributed by atoms with Crippen molar-refractivity contribution < 1.29 is 9.59 Å². The average molecular weight is 526 g/mol. The molecular formula is C25H25Cl2N7O2. The van der Waals surface area contributed by atoms with Crippen LogP contribution in [0.5, 0.6) is 0 Å². The number of para-hydroxylation sites is 1. The number of halogens is 2. The number of nitrogens with zero attached hydrogens (tertiary/aromatic N) is 5. The molecule has 2 aliphatic heterocycles. The monoisotopic (exact) mass is 525 g/mol. The van der Waals surface area contributed by atoms with Gasteiger partial charge in [0.1, 0.15) is 11.4 Å². The van der Waals surface area contributed by atoms with Gasteiger partial charge in [0.15, 0.2) is 0 Å². The van der Waals surface area contributed by atoms with Crippen LogP contribution in [0.25, 0.3) is 0 Å². The zero-order valence-corrected chi connectivity index (χ0v) is 21.2. The van der Waals surface area contributed by atoms with Crippen LogP contribution in [0, 0.1) is 0 Å². The molecule has 0 bridgehead atoms. The fourth-order valence-corrected chi connectivity index (χ4v) is 4.96. The smallest absolute Gasteiger partial charge is 0.265 e. The van der Waals surface area contributed by atoms with Crippen molar-refractivity contribution >= 4 is 63.8 Å². The Morgan fingerprint density at radius 2 is 1.75 bits per heavy atom. The molecule has 11 heteroatoms. The minimum atomic E-state index is -0.282. The maximum absolute atomic E-state index is 13.1. The van der Waals surface area contributed by atoms with Gasteiger partial charge in [-0.3, -0.25) is 14.5 Å². The first-order chi connectivity index (χ1) is 17.4. The van der Waals surface area contributed by atoms with Gasteiger partial charge in [0.05, 0.1) is 22.4 Å². The molecule has 1 fully saturated rings. The maximum atomic E-state index is 13.1. The lowest BCUT2D eigenvalue weighted by molar-refractivity contribution is -0.131. The van der Waals surface area contributed by atoms with Crippen LogP contribution in [0.1, 0.15) is 23.7 Å². The number of hydrogen-bond donors (Lipinski definition) is 2. The van der Waals surface area contributed by atoms with Gasteiger partial charge in [0.2, 0.25) is 11.9 Å². The molecule has 0 unspecified atom stereocenters. The van der Waals surface area contributed by atoms with Gasteiger partial charge < -0.3 is 20.4 Å². The highest BCUT2D eigenvalue weighted by Gasteiger charge is 2.30. The van der Waals surface area contributed by atoms with E-state index in [0.717, 1.165) is 37.6 Å². The summed E-state index contributed by atoms with van der Waals surface area (Å²) in [5.41, 5.74) is 2.70. The Balaban J connectivity index is 1.25. The predicted octanol–water partition coefficient (Wildman–Crippen LogP) is 4.62. The zero-order valence-electron chi connectivity index (χ0n) is 19.7. The number of aromatic nitrogens is 2. The molecule has 2 aliphatic rings. The molecule has 186 valence electrons. The van der Waals surface area contributed by atoms with E-state index in [-0.39, 0.29) is 18.5 Å². The second-order valence-corrected chi connectivity index (χ2v) is 9.30. The lowest BCUT2D eigenvalue weighted by atomic mass is 10.2. The van der Waals surface area contributed by atoms with E-state index in [4.69, 9.17) is 23.2 Å². The van der Waals surface area contributed by atoms with Crippen molar-refractivity contribution in [1.82, 2.24) is 14.9 Å². The van der Waals surface area contributed by atoms with Gasteiger partial charge in [-0.1, -0.05) is 36.2 Å². The summed E-state index contributed by atoms with van der Waals surface area (Å²) in [5, 5.41) is 7.12. The largest absolute Gasteiger partial charge is 0.368 e. The summed E-state index contributed by atoms with van der Waals surface area (Å²) in [7, 11) is 0. The number of rotatable bonds is 5. The van der Waals surface area contributed by atoms with E-state index in [1.807, 2.05) is 36.1 Å². The van der Waals surface area contributed by atoms with Gasteiger partial charge in [-0.25, -0.2) is 4.98 Å². The number of fused-ring (bicyclic) bond motifs is 1. The summed E-state index contributed by atoms with van der Waals surface area (Å²) in [6.45, 7) is 5.16. The fraction of sp³-hybridized carbons (Fsp3) is 0.280. The van der Waals surface area contributed by atoms with Gasteiger partial charge in [0, 0.05) is 50.2 Å². The number of carbonyl (C=O) groups excluding carboxylic acids is 2. The highest BCUT2D eigenvalue weighted by atomic mass is 35.5. The van der Waals surface area contributed by atoms with Crippen molar-refractivity contribution in [2.24, 2.45) is 0 Å². The van der Waals surface area contributed by atoms with Crippen LogP contribution in [0.3, 0.4) is 0 Å². The van der Waals surface area contributed by atoms with Gasteiger partial charge in [-0.15, -0.1) is 0 Å². The Morgan fingerprint density at radius 1 is 1.06 bits per heavy atom. The van der Waals surface area contributed by atoms with Gasteiger partial charge in [-0.2, -0.15) is 4.98 Å². The third kappa shape index (κ3) is 4.76. The molecule has 3 aromatic rings. The first-order valence-corrected chi connectivity index (χ1v) is 12.5. The molecule has 0 spiro atoms. The van der Waals surface area contributed by atoms with Crippen molar-refractivity contribution in [1.29, 1.82) is 0 Å². The summed E-state index contributed by atoms with van der Waals surface area (Å²) in [6, 6.07) is 13.1. The number of hydrogen-bond acceptors (Lipinski definition) is 7. The quantitative estimate of drug-likeness (QED) is 0.502. The van der Waals surface area contributed by atoms with Crippen molar-refractivity contribution in [3.05, 3.63) is 64.3 Å². The molecule has 36 heavy (non-hydrogen) atoms. The van der Waals surface area contributed by atoms with Crippen LogP contribution >= 0.6 is 23.2 Å². The summed E-state index contributed by atoms with van der Waals surface area (Å²) in [4.78, 5) is 39.5. The van der Waals surface area contributed by atoms with Crippen LogP contribution in [-0.4, -0.2) is 59.5 Å². The number of benzene rings is 2. The molecule has 2 aromatic carbocycles. The van der Waals surface area contributed by atoms with E-state index in [1.165, 1.54) is 11.1 Å². The molecule has 0 saturated carbocycles. The third-order valence-electron chi connectivity index (χ3n) is 6.30. The molecule has 0 aliphatic carbocycles. The van der Waals surface area contributed by atoms with E-state index in [0.29, 0.717) is 39.5 Å². The number of piperazine rings is 1. The number of anilines is 5. The minimum absolute atomic E-state index is 0.178. The fourth-order valence-electron chi connectivity index (χ4n) is 4.35. The Morgan fingerprint density at radius 3 is 2.42 bits per heavy atom. The molecule has 0 atom stereocenters. The first kappa shape index (κ1) is 24.1. The molecule has 0 radical (unpaired) electrons. The first-order valence-electron chi connectivity index (χ1n) is 11.7. The molecule has 2 N–H and O–H groups in total. The van der Waals surface area contributed by atoms with E-state index in [2.05, 4.69) is 25.5 Å². The molecule has 2 amide bonds. The Hall–Kier alpha value is -3.56. The number of amides is 2. The van der Waals surface area contributed by atoms with E-state index < -0.39 is 0 Å². The van der Waals surface area contributed by atoms with Gasteiger partial charge in [-0.05, 0) is 36.4 Å².